The molecule has 4 nitrogen and oxygen atoms in total. The van der Waals surface area contributed by atoms with Gasteiger partial charge in [0.05, 0.1) is 11.7 Å². The van der Waals surface area contributed by atoms with E-state index in [-0.39, 0.29) is 12.1 Å². The maximum Gasteiger partial charge on any atom is 0.355 e. The van der Waals surface area contributed by atoms with Crippen LogP contribution in [0.2, 0.25) is 5.15 Å². The van der Waals surface area contributed by atoms with Gasteiger partial charge in [0.1, 0.15) is 17.0 Å². The number of esters is 1. The maximum atomic E-state index is 11.9. The molecule has 1 aliphatic rings. The van der Waals surface area contributed by atoms with E-state index in [1.807, 2.05) is 0 Å². The number of carbonyl (C=O) groups excluding carboxylic acids is 1. The van der Waals surface area contributed by atoms with Gasteiger partial charge in [0, 0.05) is 5.39 Å². The van der Waals surface area contributed by atoms with Crippen LogP contribution in [-0.2, 0) is 4.74 Å². The van der Waals surface area contributed by atoms with Crippen molar-refractivity contribution in [2.45, 2.75) is 31.8 Å². The van der Waals surface area contributed by atoms with Crippen molar-refractivity contribution in [1.82, 2.24) is 9.97 Å². The SMILES string of the molecule is O=C(OC1CCCC1)c1cc2cc(Cl)ncc2[nH]1. The number of hydrogen-bond donors (Lipinski definition) is 1. The molecule has 2 heterocycles. The van der Waals surface area contributed by atoms with Crippen molar-refractivity contribution < 1.29 is 9.53 Å². The zero-order valence-corrected chi connectivity index (χ0v) is 10.5. The molecule has 0 radical (unpaired) electrons. The third-order valence-corrected chi connectivity index (χ3v) is 3.47. The lowest BCUT2D eigenvalue weighted by molar-refractivity contribution is 0.0312. The minimum absolute atomic E-state index is 0.0747. The summed E-state index contributed by atoms with van der Waals surface area (Å²) in [5.74, 6) is -0.297. The van der Waals surface area contributed by atoms with Crippen molar-refractivity contribution in [3.63, 3.8) is 0 Å². The van der Waals surface area contributed by atoms with Crippen molar-refractivity contribution in [2.75, 3.05) is 0 Å². The molecule has 0 unspecified atom stereocenters. The van der Waals surface area contributed by atoms with E-state index in [4.69, 9.17) is 16.3 Å². The molecule has 0 aromatic carbocycles. The Labute approximate surface area is 109 Å². The number of halogens is 1. The summed E-state index contributed by atoms with van der Waals surface area (Å²) >= 11 is 5.80. The van der Waals surface area contributed by atoms with Crippen LogP contribution in [0.5, 0.6) is 0 Å². The minimum atomic E-state index is -0.297. The van der Waals surface area contributed by atoms with Crippen LogP contribution in [0, 0.1) is 0 Å². The second kappa shape index (κ2) is 4.61. The lowest BCUT2D eigenvalue weighted by Crippen LogP contribution is -2.14. The van der Waals surface area contributed by atoms with E-state index in [2.05, 4.69) is 9.97 Å². The number of aromatic nitrogens is 2. The Hall–Kier alpha value is -1.55. The van der Waals surface area contributed by atoms with E-state index in [0.29, 0.717) is 10.8 Å². The molecule has 0 bridgehead atoms. The highest BCUT2D eigenvalue weighted by atomic mass is 35.5. The normalized spacial score (nSPS) is 16.3. The average molecular weight is 265 g/mol. The summed E-state index contributed by atoms with van der Waals surface area (Å²) in [7, 11) is 0. The fourth-order valence-corrected chi connectivity index (χ4v) is 2.50. The molecule has 0 spiro atoms. The highest BCUT2D eigenvalue weighted by Gasteiger charge is 2.21. The lowest BCUT2D eigenvalue weighted by Gasteiger charge is -2.09. The summed E-state index contributed by atoms with van der Waals surface area (Å²) in [6.45, 7) is 0. The number of rotatable bonds is 2. The standard InChI is InChI=1S/C13H13ClN2O2/c14-12-6-8-5-10(16-11(8)7-15-12)13(17)18-9-3-1-2-4-9/h5-7,9,16H,1-4H2. The summed E-state index contributed by atoms with van der Waals surface area (Å²) in [5, 5.41) is 1.28. The number of aromatic amines is 1. The van der Waals surface area contributed by atoms with Crippen LogP contribution in [0.3, 0.4) is 0 Å². The first-order chi connectivity index (χ1) is 8.72. The van der Waals surface area contributed by atoms with Crippen LogP contribution < -0.4 is 0 Å². The zero-order chi connectivity index (χ0) is 12.5. The number of fused-ring (bicyclic) bond motifs is 1. The van der Waals surface area contributed by atoms with Crippen LogP contribution in [0.25, 0.3) is 10.9 Å². The van der Waals surface area contributed by atoms with Crippen LogP contribution in [0.4, 0.5) is 0 Å². The highest BCUT2D eigenvalue weighted by molar-refractivity contribution is 6.30. The Balaban J connectivity index is 1.82. The predicted molar refractivity (Wildman–Crippen MR) is 68.8 cm³/mol. The predicted octanol–water partition coefficient (Wildman–Crippen LogP) is 3.32. The molecule has 0 saturated heterocycles. The van der Waals surface area contributed by atoms with Crippen molar-refractivity contribution in [3.05, 3.63) is 29.2 Å². The Kier molecular flexibility index (Phi) is 2.96. The number of nitrogens with one attached hydrogen (secondary N) is 1. The largest absolute Gasteiger partial charge is 0.458 e. The molecule has 0 amide bonds. The maximum absolute atomic E-state index is 11.9. The van der Waals surface area contributed by atoms with Gasteiger partial charge in [0.15, 0.2) is 0 Å². The van der Waals surface area contributed by atoms with E-state index in [9.17, 15) is 4.79 Å². The number of H-pyrrole nitrogens is 1. The van der Waals surface area contributed by atoms with Gasteiger partial charge >= 0.3 is 5.97 Å². The van der Waals surface area contributed by atoms with Gasteiger partial charge in [-0.15, -0.1) is 0 Å². The van der Waals surface area contributed by atoms with Gasteiger partial charge in [-0.25, -0.2) is 9.78 Å². The minimum Gasteiger partial charge on any atom is -0.458 e. The van der Waals surface area contributed by atoms with Crippen LogP contribution in [0.15, 0.2) is 18.3 Å². The molecule has 5 heteroatoms. The van der Waals surface area contributed by atoms with Crippen molar-refractivity contribution in [3.8, 4) is 0 Å². The van der Waals surface area contributed by atoms with Gasteiger partial charge < -0.3 is 9.72 Å². The van der Waals surface area contributed by atoms with Gasteiger partial charge in [-0.1, -0.05) is 11.6 Å². The van der Waals surface area contributed by atoms with Gasteiger partial charge in [-0.3, -0.25) is 0 Å². The second-order valence-corrected chi connectivity index (χ2v) is 4.98. The van der Waals surface area contributed by atoms with E-state index in [0.717, 1.165) is 36.6 Å². The van der Waals surface area contributed by atoms with Gasteiger partial charge in [-0.2, -0.15) is 0 Å². The Morgan fingerprint density at radius 1 is 1.39 bits per heavy atom. The molecular formula is C13H13ClN2O2. The summed E-state index contributed by atoms with van der Waals surface area (Å²) in [6, 6.07) is 3.47. The quantitative estimate of drug-likeness (QED) is 0.669. The van der Waals surface area contributed by atoms with Gasteiger partial charge in [0.2, 0.25) is 0 Å². The lowest BCUT2D eigenvalue weighted by atomic mass is 10.3. The highest BCUT2D eigenvalue weighted by Crippen LogP contribution is 2.23. The first-order valence-corrected chi connectivity index (χ1v) is 6.45. The molecular weight excluding hydrogens is 252 g/mol. The molecule has 0 atom stereocenters. The van der Waals surface area contributed by atoms with E-state index in [1.54, 1.807) is 18.3 Å². The summed E-state index contributed by atoms with van der Waals surface area (Å²) in [4.78, 5) is 18.9. The van der Waals surface area contributed by atoms with Gasteiger partial charge in [-0.05, 0) is 37.8 Å². The number of carbonyl (C=O) groups is 1. The number of pyridine rings is 1. The molecule has 18 heavy (non-hydrogen) atoms. The summed E-state index contributed by atoms with van der Waals surface area (Å²) in [5.41, 5.74) is 1.25. The fraction of sp³-hybridized carbons (Fsp3) is 0.385. The smallest absolute Gasteiger partial charge is 0.355 e. The summed E-state index contributed by atoms with van der Waals surface area (Å²) < 4.78 is 5.43. The third-order valence-electron chi connectivity index (χ3n) is 3.27. The molecule has 1 saturated carbocycles. The number of ether oxygens (including phenoxy) is 1. The fourth-order valence-electron chi connectivity index (χ4n) is 2.34. The zero-order valence-electron chi connectivity index (χ0n) is 9.78. The topological polar surface area (TPSA) is 55.0 Å². The Bertz CT molecular complexity index is 588. The van der Waals surface area contributed by atoms with Crippen LogP contribution in [0.1, 0.15) is 36.2 Å². The van der Waals surface area contributed by atoms with E-state index >= 15 is 0 Å². The molecule has 2 aromatic heterocycles. The van der Waals surface area contributed by atoms with Gasteiger partial charge in [0.25, 0.3) is 0 Å². The summed E-state index contributed by atoms with van der Waals surface area (Å²) in [6.07, 6.45) is 5.92. The van der Waals surface area contributed by atoms with Crippen molar-refractivity contribution in [1.29, 1.82) is 0 Å². The third kappa shape index (κ3) is 2.20. The monoisotopic (exact) mass is 264 g/mol. The molecule has 94 valence electrons. The Morgan fingerprint density at radius 2 is 2.17 bits per heavy atom. The van der Waals surface area contributed by atoms with E-state index < -0.39 is 0 Å². The second-order valence-electron chi connectivity index (χ2n) is 4.59. The first kappa shape index (κ1) is 11.5. The Morgan fingerprint density at radius 3 is 2.94 bits per heavy atom. The average Bonchev–Trinajstić information content (AvgIpc) is 2.96. The number of hydrogen-bond acceptors (Lipinski definition) is 3. The van der Waals surface area contributed by atoms with Crippen molar-refractivity contribution >= 4 is 28.5 Å². The van der Waals surface area contributed by atoms with Crippen LogP contribution >= 0.6 is 11.6 Å². The van der Waals surface area contributed by atoms with Crippen LogP contribution in [-0.4, -0.2) is 22.0 Å². The van der Waals surface area contributed by atoms with Crippen molar-refractivity contribution in [2.24, 2.45) is 0 Å². The molecule has 1 N–H and O–H groups in total. The molecule has 1 aliphatic carbocycles. The first-order valence-electron chi connectivity index (χ1n) is 6.07. The molecule has 2 aromatic rings. The molecule has 0 aliphatic heterocycles. The molecule has 1 fully saturated rings. The van der Waals surface area contributed by atoms with E-state index in [1.165, 1.54) is 0 Å². The number of nitrogens with zero attached hydrogens (tertiary/aromatic N) is 1. The molecule has 3 rings (SSSR count).